The first-order valence-corrected chi connectivity index (χ1v) is 8.95. The number of hydrogen-bond acceptors (Lipinski definition) is 6. The number of fused-ring (bicyclic) bond motifs is 1. The molecule has 1 aromatic carbocycles. The van der Waals surface area contributed by atoms with E-state index < -0.39 is 27.8 Å². The molecule has 25 heavy (non-hydrogen) atoms. The summed E-state index contributed by atoms with van der Waals surface area (Å²) in [5.74, 6) is -1.42. The SMILES string of the molecule is Cc1ccc2c(c1)C(=O)C(C(=O)Nc1cncc(Cl)n1)N(C)S2(=O)=O. The van der Waals surface area contributed by atoms with Gasteiger partial charge in [0.15, 0.2) is 17.6 Å². The summed E-state index contributed by atoms with van der Waals surface area (Å²) < 4.78 is 26.0. The Morgan fingerprint density at radius 2 is 2.04 bits per heavy atom. The molecule has 1 aliphatic rings. The quantitative estimate of drug-likeness (QED) is 0.785. The topological polar surface area (TPSA) is 109 Å². The van der Waals surface area contributed by atoms with E-state index in [2.05, 4.69) is 15.3 Å². The Labute approximate surface area is 148 Å². The zero-order valence-corrected chi connectivity index (χ0v) is 14.8. The molecule has 2 aromatic rings. The van der Waals surface area contributed by atoms with Crippen molar-refractivity contribution in [3.63, 3.8) is 0 Å². The molecule has 1 N–H and O–H groups in total. The number of nitrogens with one attached hydrogen (secondary N) is 1. The molecule has 3 rings (SSSR count). The van der Waals surface area contributed by atoms with Gasteiger partial charge in [-0.2, -0.15) is 4.31 Å². The zero-order chi connectivity index (χ0) is 18.4. The minimum atomic E-state index is -3.98. The van der Waals surface area contributed by atoms with E-state index in [0.717, 1.165) is 4.31 Å². The summed E-state index contributed by atoms with van der Waals surface area (Å²) in [7, 11) is -2.79. The number of likely N-dealkylation sites (N-methyl/N-ethyl adjacent to an activating group) is 1. The van der Waals surface area contributed by atoms with Crippen LogP contribution in [0.15, 0.2) is 35.5 Å². The van der Waals surface area contributed by atoms with E-state index >= 15 is 0 Å². The predicted octanol–water partition coefficient (Wildman–Crippen LogP) is 1.26. The monoisotopic (exact) mass is 380 g/mol. The van der Waals surface area contributed by atoms with Gasteiger partial charge in [0.1, 0.15) is 5.15 Å². The fourth-order valence-electron chi connectivity index (χ4n) is 2.55. The summed E-state index contributed by atoms with van der Waals surface area (Å²) in [5.41, 5.74) is 0.710. The number of amides is 1. The number of aryl methyl sites for hydroxylation is 1. The van der Waals surface area contributed by atoms with Crippen molar-refractivity contribution in [1.82, 2.24) is 14.3 Å². The highest BCUT2D eigenvalue weighted by molar-refractivity contribution is 7.89. The van der Waals surface area contributed by atoms with Gasteiger partial charge in [0.05, 0.1) is 17.3 Å². The second-order valence-corrected chi connectivity index (χ2v) is 7.86. The Balaban J connectivity index is 2.02. The van der Waals surface area contributed by atoms with Crippen LogP contribution in [0.25, 0.3) is 0 Å². The molecule has 8 nitrogen and oxygen atoms in total. The van der Waals surface area contributed by atoms with Crippen molar-refractivity contribution in [2.75, 3.05) is 12.4 Å². The van der Waals surface area contributed by atoms with Gasteiger partial charge in [-0.3, -0.25) is 14.6 Å². The first-order chi connectivity index (χ1) is 11.7. The maximum atomic E-state index is 12.7. The predicted molar refractivity (Wildman–Crippen MR) is 89.9 cm³/mol. The molecule has 0 aliphatic carbocycles. The maximum Gasteiger partial charge on any atom is 0.252 e. The molecule has 1 amide bonds. The molecule has 0 saturated heterocycles. The third-order valence-corrected chi connectivity index (χ3v) is 5.84. The van der Waals surface area contributed by atoms with Crippen molar-refractivity contribution in [3.8, 4) is 0 Å². The number of Topliss-reactive ketones (excluding diaryl/α,β-unsaturated/α-hetero) is 1. The molecule has 1 unspecified atom stereocenters. The summed E-state index contributed by atoms with van der Waals surface area (Å²) in [6, 6.07) is 2.88. The largest absolute Gasteiger partial charge is 0.308 e. The molecule has 0 spiro atoms. The molecular formula is C15H13ClN4O4S. The van der Waals surface area contributed by atoms with Crippen LogP contribution in [0.3, 0.4) is 0 Å². The van der Waals surface area contributed by atoms with Gasteiger partial charge in [0.2, 0.25) is 10.0 Å². The van der Waals surface area contributed by atoms with E-state index in [1.165, 1.54) is 31.6 Å². The van der Waals surface area contributed by atoms with Crippen LogP contribution < -0.4 is 5.32 Å². The third kappa shape index (κ3) is 3.01. The van der Waals surface area contributed by atoms with Crippen molar-refractivity contribution in [2.45, 2.75) is 17.9 Å². The van der Waals surface area contributed by atoms with Crippen LogP contribution in [0.2, 0.25) is 5.15 Å². The highest BCUT2D eigenvalue weighted by atomic mass is 35.5. The summed E-state index contributed by atoms with van der Waals surface area (Å²) in [4.78, 5) is 32.8. The molecule has 10 heteroatoms. The second kappa shape index (κ2) is 6.17. The number of nitrogens with zero attached hydrogens (tertiary/aromatic N) is 3. The second-order valence-electron chi connectivity index (χ2n) is 5.50. The van der Waals surface area contributed by atoms with Gasteiger partial charge < -0.3 is 5.32 Å². The highest BCUT2D eigenvalue weighted by Gasteiger charge is 2.45. The number of carbonyl (C=O) groups is 2. The number of ketones is 1. The first-order valence-electron chi connectivity index (χ1n) is 7.13. The van der Waals surface area contributed by atoms with Crippen LogP contribution in [-0.4, -0.2) is 47.5 Å². The molecule has 1 atom stereocenters. The van der Waals surface area contributed by atoms with E-state index in [9.17, 15) is 18.0 Å². The lowest BCUT2D eigenvalue weighted by Crippen LogP contribution is -2.53. The fourth-order valence-corrected chi connectivity index (χ4v) is 4.15. The number of sulfonamides is 1. The molecule has 1 aromatic heterocycles. The molecular weight excluding hydrogens is 368 g/mol. The van der Waals surface area contributed by atoms with E-state index in [0.29, 0.717) is 5.56 Å². The standard InChI is InChI=1S/C15H13ClN4O4S/c1-8-3-4-10-9(5-8)14(21)13(20(2)25(10,23)24)15(22)19-12-7-17-6-11(16)18-12/h3-7,13H,1-2H3,(H,18,19,22). The van der Waals surface area contributed by atoms with Crippen LogP contribution >= 0.6 is 11.6 Å². The molecule has 1 aliphatic heterocycles. The molecule has 0 fully saturated rings. The van der Waals surface area contributed by atoms with Gasteiger partial charge in [-0.15, -0.1) is 0 Å². The Morgan fingerprint density at radius 3 is 2.72 bits per heavy atom. The van der Waals surface area contributed by atoms with Gasteiger partial charge in [0, 0.05) is 12.6 Å². The Hall–Kier alpha value is -2.36. The number of carbonyl (C=O) groups excluding carboxylic acids is 2. The number of hydrogen-bond donors (Lipinski definition) is 1. The van der Waals surface area contributed by atoms with Gasteiger partial charge in [-0.1, -0.05) is 23.2 Å². The number of aromatic nitrogens is 2. The Bertz CT molecular complexity index is 993. The summed E-state index contributed by atoms with van der Waals surface area (Å²) >= 11 is 5.70. The van der Waals surface area contributed by atoms with E-state index in [1.807, 2.05) is 0 Å². The van der Waals surface area contributed by atoms with Crippen LogP contribution in [0.1, 0.15) is 15.9 Å². The van der Waals surface area contributed by atoms with Gasteiger partial charge in [-0.25, -0.2) is 13.4 Å². The molecule has 0 saturated carbocycles. The van der Waals surface area contributed by atoms with E-state index in [4.69, 9.17) is 11.6 Å². The van der Waals surface area contributed by atoms with E-state index in [1.54, 1.807) is 13.0 Å². The zero-order valence-electron chi connectivity index (χ0n) is 13.2. The van der Waals surface area contributed by atoms with Crippen molar-refractivity contribution >= 4 is 39.1 Å². The lowest BCUT2D eigenvalue weighted by molar-refractivity contribution is -0.118. The number of halogens is 1. The molecule has 0 radical (unpaired) electrons. The van der Waals surface area contributed by atoms with Gasteiger partial charge in [0.25, 0.3) is 5.91 Å². The first kappa shape index (κ1) is 17.5. The van der Waals surface area contributed by atoms with Crippen LogP contribution in [0.4, 0.5) is 5.82 Å². The summed E-state index contributed by atoms with van der Waals surface area (Å²) in [6.45, 7) is 1.73. The van der Waals surface area contributed by atoms with Crippen LogP contribution in [0, 0.1) is 6.92 Å². The number of benzene rings is 1. The van der Waals surface area contributed by atoms with Crippen LogP contribution in [0.5, 0.6) is 0 Å². The Kier molecular flexibility index (Phi) is 4.31. The Morgan fingerprint density at radius 1 is 1.32 bits per heavy atom. The number of anilines is 1. The van der Waals surface area contributed by atoms with Crippen molar-refractivity contribution in [2.24, 2.45) is 0 Å². The lowest BCUT2D eigenvalue weighted by atomic mass is 10.0. The smallest absolute Gasteiger partial charge is 0.252 e. The third-order valence-electron chi connectivity index (χ3n) is 3.77. The molecule has 0 bridgehead atoms. The minimum absolute atomic E-state index is 0.00423. The van der Waals surface area contributed by atoms with Crippen LogP contribution in [-0.2, 0) is 14.8 Å². The van der Waals surface area contributed by atoms with Gasteiger partial charge >= 0.3 is 0 Å². The maximum absolute atomic E-state index is 12.7. The number of rotatable bonds is 2. The fraction of sp³-hybridized carbons (Fsp3) is 0.200. The highest BCUT2D eigenvalue weighted by Crippen LogP contribution is 2.30. The van der Waals surface area contributed by atoms with E-state index in [-0.39, 0.29) is 21.4 Å². The summed E-state index contributed by atoms with van der Waals surface area (Å²) in [5, 5.41) is 2.42. The minimum Gasteiger partial charge on any atom is -0.308 e. The summed E-state index contributed by atoms with van der Waals surface area (Å²) in [6.07, 6.45) is 2.52. The van der Waals surface area contributed by atoms with Crippen molar-refractivity contribution in [1.29, 1.82) is 0 Å². The average Bonchev–Trinajstić information content (AvgIpc) is 2.53. The van der Waals surface area contributed by atoms with Crippen molar-refractivity contribution in [3.05, 3.63) is 46.9 Å². The normalized spacial score (nSPS) is 19.3. The lowest BCUT2D eigenvalue weighted by Gasteiger charge is -2.31. The average molecular weight is 381 g/mol. The molecule has 2 heterocycles. The van der Waals surface area contributed by atoms with Crippen molar-refractivity contribution < 1.29 is 18.0 Å². The van der Waals surface area contributed by atoms with Gasteiger partial charge in [-0.05, 0) is 19.1 Å². The molecule has 130 valence electrons.